The normalized spacial score (nSPS) is 21.7. The molecule has 1 atom stereocenters. The van der Waals surface area contributed by atoms with Crippen molar-refractivity contribution < 1.29 is 19.4 Å². The number of carbonyl (C=O) groups excluding carboxylic acids is 1. The Morgan fingerprint density at radius 3 is 2.38 bits per heavy atom. The topological polar surface area (TPSA) is 78.9 Å². The van der Waals surface area contributed by atoms with Gasteiger partial charge in [0.05, 0.1) is 25.7 Å². The van der Waals surface area contributed by atoms with Gasteiger partial charge in [0.1, 0.15) is 5.54 Å². The second kappa shape index (κ2) is 8.64. The third-order valence-corrected chi connectivity index (χ3v) is 5.61. The van der Waals surface area contributed by atoms with Gasteiger partial charge in [-0.3, -0.25) is 14.5 Å². The lowest BCUT2D eigenvalue weighted by atomic mass is 9.78. The summed E-state index contributed by atoms with van der Waals surface area (Å²) in [5.74, 6) is -0.947. The van der Waals surface area contributed by atoms with Crippen molar-refractivity contribution in [2.24, 2.45) is 0 Å². The molecule has 6 nitrogen and oxygen atoms in total. The first-order valence-corrected chi connectivity index (χ1v) is 9.52. The van der Waals surface area contributed by atoms with Crippen LogP contribution in [-0.2, 0) is 14.3 Å². The first kappa shape index (κ1) is 18.9. The van der Waals surface area contributed by atoms with Crippen LogP contribution in [0.25, 0.3) is 0 Å². The SMILES string of the molecule is O=C(O)CC(NC(=O)C1(N2CCOCC2)CCCCC1)c1ccccc1. The predicted octanol–water partition coefficient (Wildman–Crippen LogP) is 2.35. The molecular formula is C20H28N2O4. The maximum absolute atomic E-state index is 13.4. The van der Waals surface area contributed by atoms with E-state index in [-0.39, 0.29) is 12.3 Å². The first-order valence-electron chi connectivity index (χ1n) is 9.52. The number of carboxylic acid groups (broad SMARTS) is 1. The molecule has 1 unspecified atom stereocenters. The Morgan fingerprint density at radius 2 is 1.77 bits per heavy atom. The van der Waals surface area contributed by atoms with Crippen molar-refractivity contribution in [1.82, 2.24) is 10.2 Å². The molecule has 2 fully saturated rings. The number of hydrogen-bond acceptors (Lipinski definition) is 4. The van der Waals surface area contributed by atoms with Crippen molar-refractivity contribution in [1.29, 1.82) is 0 Å². The maximum atomic E-state index is 13.4. The van der Waals surface area contributed by atoms with Crippen molar-refractivity contribution >= 4 is 11.9 Å². The first-order chi connectivity index (χ1) is 12.6. The van der Waals surface area contributed by atoms with Gasteiger partial charge in [0.25, 0.3) is 0 Å². The van der Waals surface area contributed by atoms with Crippen LogP contribution in [-0.4, -0.2) is 53.7 Å². The smallest absolute Gasteiger partial charge is 0.305 e. The Kier molecular flexibility index (Phi) is 6.27. The highest BCUT2D eigenvalue weighted by atomic mass is 16.5. The van der Waals surface area contributed by atoms with Gasteiger partial charge in [0.15, 0.2) is 0 Å². The van der Waals surface area contributed by atoms with E-state index >= 15 is 0 Å². The number of carbonyl (C=O) groups is 2. The number of nitrogens with zero attached hydrogens (tertiary/aromatic N) is 1. The van der Waals surface area contributed by atoms with E-state index in [0.717, 1.165) is 50.8 Å². The standard InChI is InChI=1S/C20H28N2O4/c23-18(24)15-17(16-7-3-1-4-8-16)21-19(25)20(9-5-2-6-10-20)22-11-13-26-14-12-22/h1,3-4,7-8,17H,2,5-6,9-15H2,(H,21,25)(H,23,24). The summed E-state index contributed by atoms with van der Waals surface area (Å²) < 4.78 is 5.47. The number of aliphatic carboxylic acids is 1. The minimum absolute atomic E-state index is 0.0331. The van der Waals surface area contributed by atoms with E-state index in [4.69, 9.17) is 4.74 Å². The molecule has 1 saturated heterocycles. The van der Waals surface area contributed by atoms with Gasteiger partial charge in [-0.15, -0.1) is 0 Å². The number of carboxylic acids is 1. The van der Waals surface area contributed by atoms with E-state index in [9.17, 15) is 14.7 Å². The summed E-state index contributed by atoms with van der Waals surface area (Å²) in [5, 5.41) is 12.4. The minimum atomic E-state index is -0.914. The third kappa shape index (κ3) is 4.24. The van der Waals surface area contributed by atoms with Gasteiger partial charge in [-0.1, -0.05) is 49.6 Å². The van der Waals surface area contributed by atoms with Crippen LogP contribution in [0.2, 0.25) is 0 Å². The van der Waals surface area contributed by atoms with Crippen LogP contribution in [0, 0.1) is 0 Å². The monoisotopic (exact) mass is 360 g/mol. The average molecular weight is 360 g/mol. The molecule has 1 heterocycles. The number of ether oxygens (including phenoxy) is 1. The van der Waals surface area contributed by atoms with Crippen LogP contribution in [0.4, 0.5) is 0 Å². The summed E-state index contributed by atoms with van der Waals surface area (Å²) in [6.07, 6.45) is 4.74. The lowest BCUT2D eigenvalue weighted by Crippen LogP contribution is -2.62. The largest absolute Gasteiger partial charge is 0.481 e. The summed E-state index contributed by atoms with van der Waals surface area (Å²) in [7, 11) is 0. The van der Waals surface area contributed by atoms with Gasteiger partial charge >= 0.3 is 5.97 Å². The summed E-state index contributed by atoms with van der Waals surface area (Å²) in [4.78, 5) is 27.0. The van der Waals surface area contributed by atoms with Crippen molar-refractivity contribution in [3.8, 4) is 0 Å². The van der Waals surface area contributed by atoms with Crippen LogP contribution in [0.15, 0.2) is 30.3 Å². The number of benzene rings is 1. The summed E-state index contributed by atoms with van der Waals surface area (Å²) in [6, 6.07) is 8.86. The minimum Gasteiger partial charge on any atom is -0.481 e. The Bertz CT molecular complexity index is 607. The van der Waals surface area contributed by atoms with Crippen molar-refractivity contribution in [3.63, 3.8) is 0 Å². The Labute approximate surface area is 154 Å². The van der Waals surface area contributed by atoms with Crippen LogP contribution < -0.4 is 5.32 Å². The molecule has 2 N–H and O–H groups in total. The highest BCUT2D eigenvalue weighted by molar-refractivity contribution is 5.87. The lowest BCUT2D eigenvalue weighted by molar-refractivity contribution is -0.142. The van der Waals surface area contributed by atoms with E-state index in [2.05, 4.69) is 10.2 Å². The molecule has 1 saturated carbocycles. The third-order valence-electron chi connectivity index (χ3n) is 5.61. The van der Waals surface area contributed by atoms with Gasteiger partial charge in [-0.25, -0.2) is 0 Å². The van der Waals surface area contributed by atoms with Gasteiger partial charge in [-0.2, -0.15) is 0 Å². The van der Waals surface area contributed by atoms with Crippen LogP contribution in [0.1, 0.15) is 50.1 Å². The molecule has 1 aromatic carbocycles. The molecule has 142 valence electrons. The van der Waals surface area contributed by atoms with E-state index in [0.29, 0.717) is 13.2 Å². The van der Waals surface area contributed by atoms with Crippen LogP contribution in [0.5, 0.6) is 0 Å². The van der Waals surface area contributed by atoms with Gasteiger partial charge in [0, 0.05) is 13.1 Å². The van der Waals surface area contributed by atoms with Gasteiger partial charge < -0.3 is 15.2 Å². The fraction of sp³-hybridized carbons (Fsp3) is 0.600. The number of rotatable bonds is 6. The van der Waals surface area contributed by atoms with Crippen molar-refractivity contribution in [3.05, 3.63) is 35.9 Å². The maximum Gasteiger partial charge on any atom is 0.305 e. The average Bonchev–Trinajstić information content (AvgIpc) is 2.69. The Balaban J connectivity index is 1.81. The van der Waals surface area contributed by atoms with Crippen LogP contribution in [0.3, 0.4) is 0 Å². The Hall–Kier alpha value is -1.92. The number of nitrogens with one attached hydrogen (secondary N) is 1. The summed E-state index contributed by atoms with van der Waals surface area (Å²) >= 11 is 0. The zero-order valence-electron chi connectivity index (χ0n) is 15.2. The molecule has 1 amide bonds. The molecule has 0 spiro atoms. The molecule has 1 aliphatic heterocycles. The molecule has 0 bridgehead atoms. The molecule has 0 aromatic heterocycles. The Morgan fingerprint density at radius 1 is 1.12 bits per heavy atom. The number of morpholine rings is 1. The molecule has 1 aromatic rings. The molecule has 6 heteroatoms. The van der Waals surface area contributed by atoms with E-state index in [1.165, 1.54) is 0 Å². The van der Waals surface area contributed by atoms with E-state index in [1.807, 2.05) is 30.3 Å². The molecule has 1 aliphatic carbocycles. The van der Waals surface area contributed by atoms with E-state index in [1.54, 1.807) is 0 Å². The fourth-order valence-corrected chi connectivity index (χ4v) is 4.22. The lowest BCUT2D eigenvalue weighted by Gasteiger charge is -2.47. The molecule has 2 aliphatic rings. The number of amides is 1. The zero-order chi connectivity index (χ0) is 18.4. The van der Waals surface area contributed by atoms with E-state index < -0.39 is 17.6 Å². The second-order valence-electron chi connectivity index (χ2n) is 7.23. The quantitative estimate of drug-likeness (QED) is 0.814. The highest BCUT2D eigenvalue weighted by Gasteiger charge is 2.45. The van der Waals surface area contributed by atoms with Crippen molar-refractivity contribution in [2.75, 3.05) is 26.3 Å². The molecular weight excluding hydrogens is 332 g/mol. The summed E-state index contributed by atoms with van der Waals surface area (Å²) in [6.45, 7) is 2.79. The predicted molar refractivity (Wildman–Crippen MR) is 97.8 cm³/mol. The zero-order valence-corrected chi connectivity index (χ0v) is 15.2. The summed E-state index contributed by atoms with van der Waals surface area (Å²) in [5.41, 5.74) is 0.296. The molecule has 0 radical (unpaired) electrons. The van der Waals surface area contributed by atoms with Gasteiger partial charge in [0.2, 0.25) is 5.91 Å². The molecule has 26 heavy (non-hydrogen) atoms. The highest BCUT2D eigenvalue weighted by Crippen LogP contribution is 2.35. The van der Waals surface area contributed by atoms with Gasteiger partial charge in [-0.05, 0) is 18.4 Å². The second-order valence-corrected chi connectivity index (χ2v) is 7.23. The molecule has 3 rings (SSSR count). The van der Waals surface area contributed by atoms with Crippen molar-refractivity contribution in [2.45, 2.75) is 50.1 Å². The fourth-order valence-electron chi connectivity index (χ4n) is 4.22. The van der Waals surface area contributed by atoms with Crippen LogP contribution >= 0.6 is 0 Å². The number of hydrogen-bond donors (Lipinski definition) is 2.